The standard InChI is InChI=1S/C12H8BrIOS/c13-8-1-6-12(11(14)7-8)16-10-4-2-9(15)3-5-10/h1-7,15H. The molecule has 0 aromatic heterocycles. The molecule has 82 valence electrons. The molecule has 1 nitrogen and oxygen atoms in total. The summed E-state index contributed by atoms with van der Waals surface area (Å²) in [6.45, 7) is 0. The topological polar surface area (TPSA) is 20.2 Å². The van der Waals surface area contributed by atoms with Gasteiger partial charge in [-0.25, -0.2) is 0 Å². The molecule has 2 rings (SSSR count). The van der Waals surface area contributed by atoms with Gasteiger partial charge in [-0.05, 0) is 65.1 Å². The Morgan fingerprint density at radius 3 is 2.38 bits per heavy atom. The second-order valence-electron chi connectivity index (χ2n) is 3.17. The van der Waals surface area contributed by atoms with Gasteiger partial charge >= 0.3 is 0 Å². The zero-order valence-corrected chi connectivity index (χ0v) is 12.7. The second kappa shape index (κ2) is 5.42. The van der Waals surface area contributed by atoms with Crippen molar-refractivity contribution in [2.45, 2.75) is 9.79 Å². The Labute approximate surface area is 121 Å². The summed E-state index contributed by atoms with van der Waals surface area (Å²) in [5.74, 6) is 0.301. The molecule has 0 spiro atoms. The lowest BCUT2D eigenvalue weighted by Crippen LogP contribution is -1.79. The van der Waals surface area contributed by atoms with Crippen molar-refractivity contribution >= 4 is 50.3 Å². The molecule has 4 heteroatoms. The van der Waals surface area contributed by atoms with Crippen LogP contribution in [0, 0.1) is 3.57 Å². The minimum absolute atomic E-state index is 0.301. The first kappa shape index (κ1) is 12.3. The quantitative estimate of drug-likeness (QED) is 0.715. The van der Waals surface area contributed by atoms with Gasteiger partial charge in [-0.1, -0.05) is 27.7 Å². The summed E-state index contributed by atoms with van der Waals surface area (Å²) in [5, 5.41) is 9.20. The van der Waals surface area contributed by atoms with Gasteiger partial charge in [0.1, 0.15) is 5.75 Å². The summed E-state index contributed by atoms with van der Waals surface area (Å²) in [4.78, 5) is 2.34. The van der Waals surface area contributed by atoms with Gasteiger partial charge in [0.05, 0.1) is 0 Å². The van der Waals surface area contributed by atoms with Gasteiger partial charge in [-0.3, -0.25) is 0 Å². The van der Waals surface area contributed by atoms with Gasteiger partial charge in [-0.15, -0.1) is 0 Å². The highest BCUT2D eigenvalue weighted by Crippen LogP contribution is 2.33. The van der Waals surface area contributed by atoms with Crippen LogP contribution < -0.4 is 0 Å². The smallest absolute Gasteiger partial charge is 0.115 e. The van der Waals surface area contributed by atoms with Crippen molar-refractivity contribution < 1.29 is 5.11 Å². The molecule has 0 fully saturated rings. The molecule has 0 atom stereocenters. The monoisotopic (exact) mass is 406 g/mol. The number of halogens is 2. The fourth-order valence-corrected chi connectivity index (χ4v) is 3.65. The molecule has 0 saturated heterocycles. The molecule has 0 saturated carbocycles. The zero-order chi connectivity index (χ0) is 11.5. The van der Waals surface area contributed by atoms with E-state index >= 15 is 0 Å². The Balaban J connectivity index is 2.23. The zero-order valence-electron chi connectivity index (χ0n) is 8.15. The number of hydrogen-bond acceptors (Lipinski definition) is 2. The summed E-state index contributed by atoms with van der Waals surface area (Å²) < 4.78 is 2.30. The van der Waals surface area contributed by atoms with Crippen LogP contribution in [-0.4, -0.2) is 5.11 Å². The van der Waals surface area contributed by atoms with Gasteiger partial charge in [0.2, 0.25) is 0 Å². The van der Waals surface area contributed by atoms with Crippen molar-refractivity contribution in [3.63, 3.8) is 0 Å². The lowest BCUT2D eigenvalue weighted by molar-refractivity contribution is 0.475. The Kier molecular flexibility index (Phi) is 4.16. The van der Waals surface area contributed by atoms with E-state index in [-0.39, 0.29) is 0 Å². The number of rotatable bonds is 2. The summed E-state index contributed by atoms with van der Waals surface area (Å²) >= 11 is 7.46. The molecular weight excluding hydrogens is 399 g/mol. The molecule has 0 aliphatic carbocycles. The first-order valence-corrected chi connectivity index (χ1v) is 7.26. The molecule has 0 radical (unpaired) electrons. The maximum Gasteiger partial charge on any atom is 0.115 e. The molecule has 0 aliphatic heterocycles. The third-order valence-electron chi connectivity index (χ3n) is 1.96. The van der Waals surface area contributed by atoms with Crippen molar-refractivity contribution in [3.05, 3.63) is 50.5 Å². The number of benzene rings is 2. The largest absolute Gasteiger partial charge is 0.508 e. The van der Waals surface area contributed by atoms with E-state index in [0.717, 1.165) is 9.37 Å². The number of aromatic hydroxyl groups is 1. The van der Waals surface area contributed by atoms with Gasteiger partial charge < -0.3 is 5.11 Å². The van der Waals surface area contributed by atoms with Crippen molar-refractivity contribution in [3.8, 4) is 5.75 Å². The maximum atomic E-state index is 9.20. The fraction of sp³-hybridized carbons (Fsp3) is 0. The van der Waals surface area contributed by atoms with Gasteiger partial charge in [-0.2, -0.15) is 0 Å². The van der Waals surface area contributed by atoms with Crippen LogP contribution in [0.1, 0.15) is 0 Å². The first-order valence-electron chi connectivity index (χ1n) is 4.57. The van der Waals surface area contributed by atoms with E-state index in [2.05, 4.69) is 50.7 Å². The normalized spacial score (nSPS) is 10.4. The van der Waals surface area contributed by atoms with Crippen molar-refractivity contribution in [1.29, 1.82) is 0 Å². The van der Waals surface area contributed by atoms with Crippen LogP contribution in [0.15, 0.2) is 56.7 Å². The number of phenols is 1. The number of hydrogen-bond donors (Lipinski definition) is 1. The van der Waals surface area contributed by atoms with Gasteiger partial charge in [0.15, 0.2) is 0 Å². The molecule has 0 bridgehead atoms. The van der Waals surface area contributed by atoms with E-state index in [1.165, 1.54) is 8.47 Å². The maximum absolute atomic E-state index is 9.20. The lowest BCUT2D eigenvalue weighted by Gasteiger charge is -2.04. The molecule has 0 aliphatic rings. The van der Waals surface area contributed by atoms with Crippen molar-refractivity contribution in [2.24, 2.45) is 0 Å². The van der Waals surface area contributed by atoms with Crippen LogP contribution in [0.4, 0.5) is 0 Å². The van der Waals surface area contributed by atoms with E-state index in [9.17, 15) is 5.11 Å². The highest BCUT2D eigenvalue weighted by atomic mass is 127. The third kappa shape index (κ3) is 3.15. The molecule has 2 aromatic carbocycles. The van der Waals surface area contributed by atoms with Gasteiger partial charge in [0, 0.05) is 17.8 Å². The molecule has 0 heterocycles. The summed E-state index contributed by atoms with van der Waals surface area (Å²) in [6, 6.07) is 13.4. The summed E-state index contributed by atoms with van der Waals surface area (Å²) in [6.07, 6.45) is 0. The predicted molar refractivity (Wildman–Crippen MR) is 79.1 cm³/mol. The minimum Gasteiger partial charge on any atom is -0.508 e. The molecule has 2 aromatic rings. The predicted octanol–water partition coefficient (Wildman–Crippen LogP) is 4.91. The fourth-order valence-electron chi connectivity index (χ4n) is 1.20. The van der Waals surface area contributed by atoms with Crippen LogP contribution >= 0.6 is 50.3 Å². The highest BCUT2D eigenvalue weighted by molar-refractivity contribution is 14.1. The molecular formula is C12H8BrIOS. The third-order valence-corrected chi connectivity index (χ3v) is 4.79. The minimum atomic E-state index is 0.301. The Morgan fingerprint density at radius 2 is 1.75 bits per heavy atom. The average Bonchev–Trinajstić information content (AvgIpc) is 2.25. The average molecular weight is 407 g/mol. The van der Waals surface area contributed by atoms with Crippen LogP contribution in [0.3, 0.4) is 0 Å². The SMILES string of the molecule is Oc1ccc(Sc2ccc(Br)cc2I)cc1. The summed E-state index contributed by atoms with van der Waals surface area (Å²) in [5.41, 5.74) is 0. The second-order valence-corrected chi connectivity index (χ2v) is 6.36. The van der Waals surface area contributed by atoms with E-state index in [1.54, 1.807) is 23.9 Å². The van der Waals surface area contributed by atoms with E-state index in [0.29, 0.717) is 5.75 Å². The molecule has 16 heavy (non-hydrogen) atoms. The number of phenolic OH excluding ortho intramolecular Hbond substituents is 1. The van der Waals surface area contributed by atoms with Crippen molar-refractivity contribution in [1.82, 2.24) is 0 Å². The van der Waals surface area contributed by atoms with Crippen LogP contribution in [-0.2, 0) is 0 Å². The van der Waals surface area contributed by atoms with E-state index in [1.807, 2.05) is 18.2 Å². The van der Waals surface area contributed by atoms with Crippen LogP contribution in [0.2, 0.25) is 0 Å². The summed E-state index contributed by atoms with van der Waals surface area (Å²) in [7, 11) is 0. The highest BCUT2D eigenvalue weighted by Gasteiger charge is 2.02. The molecule has 1 N–H and O–H groups in total. The molecule has 0 amide bonds. The van der Waals surface area contributed by atoms with E-state index < -0.39 is 0 Å². The lowest BCUT2D eigenvalue weighted by atomic mass is 10.3. The Bertz CT molecular complexity index is 499. The van der Waals surface area contributed by atoms with Gasteiger partial charge in [0.25, 0.3) is 0 Å². The first-order chi connectivity index (χ1) is 7.65. The molecule has 0 unspecified atom stereocenters. The van der Waals surface area contributed by atoms with E-state index in [4.69, 9.17) is 0 Å². The van der Waals surface area contributed by atoms with Crippen molar-refractivity contribution in [2.75, 3.05) is 0 Å². The Morgan fingerprint density at radius 1 is 1.06 bits per heavy atom. The van der Waals surface area contributed by atoms with Crippen LogP contribution in [0.5, 0.6) is 5.75 Å². The van der Waals surface area contributed by atoms with Crippen LogP contribution in [0.25, 0.3) is 0 Å². The Hall–Kier alpha value is -0.200.